The molecular weight excluding hydrogens is 382 g/mol. The number of rotatable bonds is 9. The average molecular weight is 408 g/mol. The molecular formula is C24H25NO3S. The van der Waals surface area contributed by atoms with Crippen LogP contribution in [0.3, 0.4) is 0 Å². The Morgan fingerprint density at radius 3 is 2.24 bits per heavy atom. The van der Waals surface area contributed by atoms with Gasteiger partial charge in [-0.3, -0.25) is 4.79 Å². The number of hydrogen-bond acceptors (Lipinski definition) is 4. The molecule has 1 atom stereocenters. The van der Waals surface area contributed by atoms with Crippen molar-refractivity contribution in [2.24, 2.45) is 0 Å². The predicted octanol–water partition coefficient (Wildman–Crippen LogP) is 5.78. The van der Waals surface area contributed by atoms with Crippen molar-refractivity contribution < 1.29 is 14.3 Å². The molecule has 0 aliphatic heterocycles. The van der Waals surface area contributed by atoms with Crippen molar-refractivity contribution in [3.63, 3.8) is 0 Å². The molecule has 0 radical (unpaired) electrons. The molecule has 0 spiro atoms. The van der Waals surface area contributed by atoms with E-state index in [4.69, 9.17) is 9.47 Å². The minimum atomic E-state index is -0.598. The molecule has 0 aliphatic rings. The molecule has 0 bridgehead atoms. The first-order chi connectivity index (χ1) is 14.2. The van der Waals surface area contributed by atoms with Gasteiger partial charge in [0.2, 0.25) is 0 Å². The number of amides is 1. The molecule has 0 saturated heterocycles. The summed E-state index contributed by atoms with van der Waals surface area (Å²) in [5.74, 6) is 1.88. The fourth-order valence-electron chi connectivity index (χ4n) is 2.78. The van der Waals surface area contributed by atoms with Crippen molar-refractivity contribution in [2.75, 3.05) is 12.4 Å². The lowest BCUT2D eigenvalue weighted by Gasteiger charge is -2.19. The molecule has 1 amide bonds. The first-order valence-electron chi connectivity index (χ1n) is 9.57. The smallest absolute Gasteiger partial charge is 0.265 e. The largest absolute Gasteiger partial charge is 0.493 e. The number of carbonyl (C=O) groups excluding carboxylic acids is 1. The van der Waals surface area contributed by atoms with E-state index in [1.165, 1.54) is 10.5 Å². The maximum Gasteiger partial charge on any atom is 0.265 e. The van der Waals surface area contributed by atoms with Gasteiger partial charge in [0.15, 0.2) is 17.6 Å². The van der Waals surface area contributed by atoms with Gasteiger partial charge in [-0.15, -0.1) is 11.8 Å². The minimum absolute atomic E-state index is 0.176. The highest BCUT2D eigenvalue weighted by atomic mass is 32.2. The molecule has 4 nitrogen and oxygen atoms in total. The molecule has 3 rings (SSSR count). The number of ether oxygens (including phenoxy) is 2. The van der Waals surface area contributed by atoms with Crippen molar-refractivity contribution in [2.45, 2.75) is 30.1 Å². The summed E-state index contributed by atoms with van der Waals surface area (Å²) < 4.78 is 11.2. The van der Waals surface area contributed by atoms with Crippen molar-refractivity contribution in [3.8, 4) is 11.5 Å². The van der Waals surface area contributed by atoms with Crippen LogP contribution < -0.4 is 14.8 Å². The molecule has 0 fully saturated rings. The molecule has 0 aliphatic carbocycles. The summed E-state index contributed by atoms with van der Waals surface area (Å²) in [6, 6.07) is 25.6. The average Bonchev–Trinajstić information content (AvgIpc) is 2.77. The van der Waals surface area contributed by atoms with Crippen LogP contribution in [0.25, 0.3) is 0 Å². The maximum atomic E-state index is 12.7. The van der Waals surface area contributed by atoms with Gasteiger partial charge in [-0.1, -0.05) is 49.4 Å². The zero-order chi connectivity index (χ0) is 20.5. The molecule has 1 N–H and O–H groups in total. The summed E-state index contributed by atoms with van der Waals surface area (Å²) in [4.78, 5) is 13.9. The van der Waals surface area contributed by atoms with Crippen molar-refractivity contribution >= 4 is 23.4 Å². The summed E-state index contributed by atoms with van der Waals surface area (Å²) in [5.41, 5.74) is 1.96. The Morgan fingerprint density at radius 1 is 0.931 bits per heavy atom. The molecule has 0 unspecified atom stereocenters. The van der Waals surface area contributed by atoms with Crippen molar-refractivity contribution in [1.82, 2.24) is 0 Å². The number of para-hydroxylation sites is 2. The second kappa shape index (κ2) is 10.6. The number of benzene rings is 3. The lowest BCUT2D eigenvalue weighted by Crippen LogP contribution is -2.32. The number of anilines is 1. The monoisotopic (exact) mass is 407 g/mol. The number of nitrogens with one attached hydrogen (secondary N) is 1. The normalized spacial score (nSPS) is 11.5. The van der Waals surface area contributed by atoms with Gasteiger partial charge in [-0.05, 0) is 48.4 Å². The van der Waals surface area contributed by atoms with Gasteiger partial charge in [-0.2, -0.15) is 0 Å². The zero-order valence-corrected chi connectivity index (χ0v) is 17.4. The Bertz CT molecular complexity index is 913. The van der Waals surface area contributed by atoms with Crippen LogP contribution in [0, 0.1) is 0 Å². The number of methoxy groups -OCH3 is 1. The molecule has 3 aromatic rings. The minimum Gasteiger partial charge on any atom is -0.493 e. The van der Waals surface area contributed by atoms with Gasteiger partial charge in [0.1, 0.15) is 0 Å². The van der Waals surface area contributed by atoms with Gasteiger partial charge < -0.3 is 14.8 Å². The fraction of sp³-hybridized carbons (Fsp3) is 0.208. The van der Waals surface area contributed by atoms with Gasteiger partial charge >= 0.3 is 0 Å². The van der Waals surface area contributed by atoms with E-state index in [0.717, 1.165) is 11.4 Å². The van der Waals surface area contributed by atoms with Crippen LogP contribution in [0.15, 0.2) is 83.8 Å². The number of thioether (sulfide) groups is 1. The first-order valence-corrected chi connectivity index (χ1v) is 10.6. The highest BCUT2D eigenvalue weighted by Crippen LogP contribution is 2.28. The van der Waals surface area contributed by atoms with Crippen LogP contribution in [0.2, 0.25) is 0 Å². The second-order valence-corrected chi connectivity index (χ2v) is 7.50. The lowest BCUT2D eigenvalue weighted by atomic mass is 10.2. The summed E-state index contributed by atoms with van der Waals surface area (Å²) >= 11 is 1.79. The van der Waals surface area contributed by atoms with E-state index in [0.29, 0.717) is 17.9 Å². The number of carbonyl (C=O) groups is 1. The predicted molar refractivity (Wildman–Crippen MR) is 119 cm³/mol. The highest BCUT2D eigenvalue weighted by molar-refractivity contribution is 7.98. The van der Waals surface area contributed by atoms with Crippen LogP contribution in [-0.4, -0.2) is 19.1 Å². The third kappa shape index (κ3) is 6.03. The summed E-state index contributed by atoms with van der Waals surface area (Å²) in [7, 11) is 1.58. The topological polar surface area (TPSA) is 47.6 Å². The van der Waals surface area contributed by atoms with E-state index in [1.807, 2.05) is 67.6 Å². The van der Waals surface area contributed by atoms with Gasteiger partial charge in [0.05, 0.1) is 7.11 Å². The molecule has 0 saturated carbocycles. The first kappa shape index (κ1) is 20.8. The maximum absolute atomic E-state index is 12.7. The molecule has 0 aromatic heterocycles. The second-order valence-electron chi connectivity index (χ2n) is 6.45. The van der Waals surface area contributed by atoms with Gasteiger partial charge in [-0.25, -0.2) is 0 Å². The van der Waals surface area contributed by atoms with E-state index < -0.39 is 6.10 Å². The van der Waals surface area contributed by atoms with Crippen LogP contribution in [0.5, 0.6) is 11.5 Å². The summed E-state index contributed by atoms with van der Waals surface area (Å²) in [6.45, 7) is 1.92. The third-order valence-corrected chi connectivity index (χ3v) is 5.45. The van der Waals surface area contributed by atoms with E-state index in [-0.39, 0.29) is 5.91 Å². The van der Waals surface area contributed by atoms with E-state index in [1.54, 1.807) is 24.9 Å². The van der Waals surface area contributed by atoms with Crippen LogP contribution in [0.4, 0.5) is 5.69 Å². The lowest BCUT2D eigenvalue weighted by molar-refractivity contribution is -0.122. The Labute approximate surface area is 176 Å². The Morgan fingerprint density at radius 2 is 1.59 bits per heavy atom. The Balaban J connectivity index is 1.57. The molecule has 29 heavy (non-hydrogen) atoms. The summed E-state index contributed by atoms with van der Waals surface area (Å²) in [5, 5.41) is 2.94. The van der Waals surface area contributed by atoms with Crippen LogP contribution >= 0.6 is 11.8 Å². The standard InChI is InChI=1S/C24H25NO3S/c1-3-21(28-23-12-8-7-11-22(23)27-2)24(26)25-19-15-13-18(14-16-19)17-29-20-9-5-4-6-10-20/h4-16,21H,3,17H2,1-2H3,(H,25,26)/t21-/m1/s1. The number of hydrogen-bond donors (Lipinski definition) is 1. The zero-order valence-electron chi connectivity index (χ0n) is 16.6. The van der Waals surface area contributed by atoms with Gasteiger partial charge in [0.25, 0.3) is 5.91 Å². The van der Waals surface area contributed by atoms with Crippen LogP contribution in [-0.2, 0) is 10.5 Å². The molecule has 5 heteroatoms. The van der Waals surface area contributed by atoms with Crippen molar-refractivity contribution in [1.29, 1.82) is 0 Å². The van der Waals surface area contributed by atoms with E-state index in [9.17, 15) is 4.79 Å². The quantitative estimate of drug-likeness (QED) is 0.457. The summed E-state index contributed by atoms with van der Waals surface area (Å²) in [6.07, 6.45) is -0.0463. The van der Waals surface area contributed by atoms with Gasteiger partial charge in [0, 0.05) is 16.3 Å². The third-order valence-electron chi connectivity index (χ3n) is 4.37. The van der Waals surface area contributed by atoms with Crippen LogP contribution in [0.1, 0.15) is 18.9 Å². The molecule has 150 valence electrons. The SMILES string of the molecule is CC[C@@H](Oc1ccccc1OC)C(=O)Nc1ccc(CSc2ccccc2)cc1. The fourth-order valence-corrected chi connectivity index (χ4v) is 3.66. The Hall–Kier alpha value is -2.92. The Kier molecular flexibility index (Phi) is 7.59. The van der Waals surface area contributed by atoms with E-state index >= 15 is 0 Å². The molecule has 0 heterocycles. The van der Waals surface area contributed by atoms with E-state index in [2.05, 4.69) is 17.4 Å². The highest BCUT2D eigenvalue weighted by Gasteiger charge is 2.20. The van der Waals surface area contributed by atoms with Crippen molar-refractivity contribution in [3.05, 3.63) is 84.4 Å². The molecule has 3 aromatic carbocycles.